The van der Waals surface area contributed by atoms with Crippen molar-refractivity contribution < 1.29 is 4.79 Å². The quantitative estimate of drug-likeness (QED) is 0.948. The van der Waals surface area contributed by atoms with E-state index in [-0.39, 0.29) is 11.9 Å². The summed E-state index contributed by atoms with van der Waals surface area (Å²) in [5.74, 6) is -0.202. The van der Waals surface area contributed by atoms with Crippen LogP contribution in [0.2, 0.25) is 0 Å². The molecule has 0 bridgehead atoms. The molecular weight excluding hydrogens is 294 g/mol. The molecule has 2 aromatic heterocycles. The van der Waals surface area contributed by atoms with Crippen molar-refractivity contribution in [3.8, 4) is 0 Å². The summed E-state index contributed by atoms with van der Waals surface area (Å²) in [6.07, 6.45) is 5.00. The van der Waals surface area contributed by atoms with Crippen molar-refractivity contribution in [2.75, 3.05) is 0 Å². The summed E-state index contributed by atoms with van der Waals surface area (Å²) < 4.78 is 0.685. The van der Waals surface area contributed by atoms with E-state index in [0.717, 1.165) is 5.56 Å². The summed E-state index contributed by atoms with van der Waals surface area (Å²) >= 11 is 3.31. The van der Waals surface area contributed by atoms with Crippen molar-refractivity contribution in [1.29, 1.82) is 0 Å². The summed E-state index contributed by atoms with van der Waals surface area (Å²) in [5, 5.41) is 2.89. The van der Waals surface area contributed by atoms with Crippen LogP contribution in [0.1, 0.15) is 29.0 Å². The number of amides is 1. The van der Waals surface area contributed by atoms with Crippen LogP contribution < -0.4 is 5.32 Å². The molecule has 0 spiro atoms. The fourth-order valence-corrected chi connectivity index (χ4v) is 1.99. The third-order valence-electron chi connectivity index (χ3n) is 2.53. The fraction of sp³-hybridized carbons (Fsp3) is 0.154. The van der Waals surface area contributed by atoms with Gasteiger partial charge in [-0.3, -0.25) is 9.78 Å². The Kier molecular flexibility index (Phi) is 4.04. The molecular formula is C13H12BrN3O. The van der Waals surface area contributed by atoms with Crippen molar-refractivity contribution >= 4 is 21.8 Å². The largest absolute Gasteiger partial charge is 0.344 e. The molecule has 2 heterocycles. The maximum atomic E-state index is 12.0. The molecule has 92 valence electrons. The van der Waals surface area contributed by atoms with Gasteiger partial charge < -0.3 is 5.32 Å². The van der Waals surface area contributed by atoms with Gasteiger partial charge in [-0.1, -0.05) is 0 Å². The number of carbonyl (C=O) groups excluding carboxylic acids is 1. The lowest BCUT2D eigenvalue weighted by molar-refractivity contribution is 0.0934. The first-order valence-corrected chi connectivity index (χ1v) is 6.29. The number of rotatable bonds is 3. The van der Waals surface area contributed by atoms with Gasteiger partial charge in [-0.2, -0.15) is 0 Å². The van der Waals surface area contributed by atoms with Crippen LogP contribution in [-0.2, 0) is 0 Å². The highest BCUT2D eigenvalue weighted by atomic mass is 79.9. The smallest absolute Gasteiger partial charge is 0.271 e. The molecule has 2 rings (SSSR count). The van der Waals surface area contributed by atoms with E-state index in [1.54, 1.807) is 30.7 Å². The minimum absolute atomic E-state index is 0.0885. The number of hydrogen-bond acceptors (Lipinski definition) is 3. The van der Waals surface area contributed by atoms with Crippen LogP contribution in [0.5, 0.6) is 0 Å². The molecule has 1 unspecified atom stereocenters. The first-order valence-electron chi connectivity index (χ1n) is 5.50. The van der Waals surface area contributed by atoms with Crippen LogP contribution in [0.15, 0.2) is 47.3 Å². The van der Waals surface area contributed by atoms with Crippen molar-refractivity contribution in [1.82, 2.24) is 15.3 Å². The van der Waals surface area contributed by atoms with Crippen molar-refractivity contribution in [3.63, 3.8) is 0 Å². The Balaban J connectivity index is 2.11. The maximum Gasteiger partial charge on any atom is 0.271 e. The van der Waals surface area contributed by atoms with E-state index in [1.165, 1.54) is 0 Å². The van der Waals surface area contributed by atoms with Crippen LogP contribution in [0, 0.1) is 0 Å². The Morgan fingerprint density at radius 2 is 2.00 bits per heavy atom. The molecule has 0 saturated carbocycles. The van der Waals surface area contributed by atoms with Gasteiger partial charge in [0.05, 0.1) is 6.04 Å². The average molecular weight is 306 g/mol. The molecule has 0 fully saturated rings. The first kappa shape index (κ1) is 12.7. The molecule has 5 heteroatoms. The molecule has 1 N–H and O–H groups in total. The summed E-state index contributed by atoms with van der Waals surface area (Å²) in [7, 11) is 0. The Morgan fingerprint density at radius 3 is 2.67 bits per heavy atom. The predicted molar refractivity (Wildman–Crippen MR) is 72.1 cm³/mol. The number of carbonyl (C=O) groups is 1. The number of nitrogens with one attached hydrogen (secondary N) is 1. The molecule has 2 aromatic rings. The Labute approximate surface area is 114 Å². The van der Waals surface area contributed by atoms with Crippen LogP contribution in [0.3, 0.4) is 0 Å². The van der Waals surface area contributed by atoms with E-state index in [9.17, 15) is 4.79 Å². The molecule has 1 amide bonds. The van der Waals surface area contributed by atoms with Gasteiger partial charge in [0.25, 0.3) is 5.91 Å². The monoisotopic (exact) mass is 305 g/mol. The zero-order valence-corrected chi connectivity index (χ0v) is 11.4. The molecule has 0 radical (unpaired) electrons. The van der Waals surface area contributed by atoms with Crippen LogP contribution in [0.25, 0.3) is 0 Å². The lowest BCUT2D eigenvalue weighted by Gasteiger charge is -2.14. The second kappa shape index (κ2) is 5.73. The molecule has 18 heavy (non-hydrogen) atoms. The summed E-state index contributed by atoms with van der Waals surface area (Å²) in [4.78, 5) is 20.0. The predicted octanol–water partition coefficient (Wildman–Crippen LogP) is 2.73. The van der Waals surface area contributed by atoms with Gasteiger partial charge >= 0.3 is 0 Å². The maximum absolute atomic E-state index is 12.0. The highest BCUT2D eigenvalue weighted by Gasteiger charge is 2.14. The van der Waals surface area contributed by atoms with Gasteiger partial charge in [0.15, 0.2) is 0 Å². The van der Waals surface area contributed by atoms with Gasteiger partial charge in [-0.05, 0) is 52.7 Å². The summed E-state index contributed by atoms with van der Waals surface area (Å²) in [5.41, 5.74) is 1.39. The molecule has 1 atom stereocenters. The van der Waals surface area contributed by atoms with Gasteiger partial charge in [0, 0.05) is 23.1 Å². The standard InChI is InChI=1S/C13H12BrN3O/c1-9(10-4-7-15-8-5-10)17-13(18)12-11(14)3-2-6-16-12/h2-9H,1H3,(H,17,18). The van der Waals surface area contributed by atoms with Gasteiger partial charge in [-0.15, -0.1) is 0 Å². The Hall–Kier alpha value is -1.75. The molecule has 0 aliphatic rings. The normalized spacial score (nSPS) is 11.9. The zero-order valence-electron chi connectivity index (χ0n) is 9.80. The fourth-order valence-electron chi connectivity index (χ4n) is 1.55. The third-order valence-corrected chi connectivity index (χ3v) is 3.17. The van der Waals surface area contributed by atoms with Gasteiger partial charge in [0.1, 0.15) is 5.69 Å². The highest BCUT2D eigenvalue weighted by Crippen LogP contribution is 2.15. The molecule has 0 aliphatic carbocycles. The Bertz CT molecular complexity index is 545. The third kappa shape index (κ3) is 2.92. The zero-order chi connectivity index (χ0) is 13.0. The SMILES string of the molecule is CC(NC(=O)c1ncccc1Br)c1ccncc1. The Morgan fingerprint density at radius 1 is 1.28 bits per heavy atom. The molecule has 0 aromatic carbocycles. The lowest BCUT2D eigenvalue weighted by atomic mass is 10.1. The number of aromatic nitrogens is 2. The van der Waals surface area contributed by atoms with Crippen molar-refractivity contribution in [2.24, 2.45) is 0 Å². The second-order valence-corrected chi connectivity index (χ2v) is 4.66. The molecule has 4 nitrogen and oxygen atoms in total. The van der Waals surface area contributed by atoms with Crippen molar-refractivity contribution in [3.05, 3.63) is 58.6 Å². The van der Waals surface area contributed by atoms with E-state index in [2.05, 4.69) is 31.2 Å². The minimum Gasteiger partial charge on any atom is -0.344 e. The van der Waals surface area contributed by atoms with Crippen LogP contribution in [-0.4, -0.2) is 15.9 Å². The number of pyridine rings is 2. The van der Waals surface area contributed by atoms with E-state index in [1.807, 2.05) is 19.1 Å². The van der Waals surface area contributed by atoms with E-state index < -0.39 is 0 Å². The lowest BCUT2D eigenvalue weighted by Crippen LogP contribution is -2.27. The van der Waals surface area contributed by atoms with Crippen molar-refractivity contribution in [2.45, 2.75) is 13.0 Å². The highest BCUT2D eigenvalue weighted by molar-refractivity contribution is 9.10. The average Bonchev–Trinajstić information content (AvgIpc) is 2.40. The second-order valence-electron chi connectivity index (χ2n) is 3.81. The molecule has 0 saturated heterocycles. The topological polar surface area (TPSA) is 54.9 Å². The summed E-state index contributed by atoms with van der Waals surface area (Å²) in [6.45, 7) is 1.92. The first-order chi connectivity index (χ1) is 8.68. The van der Waals surface area contributed by atoms with Gasteiger partial charge in [0.2, 0.25) is 0 Å². The van der Waals surface area contributed by atoms with E-state index in [4.69, 9.17) is 0 Å². The number of hydrogen-bond donors (Lipinski definition) is 1. The van der Waals surface area contributed by atoms with Gasteiger partial charge in [-0.25, -0.2) is 4.98 Å². The summed E-state index contributed by atoms with van der Waals surface area (Å²) in [6, 6.07) is 7.22. The van der Waals surface area contributed by atoms with Crippen LogP contribution >= 0.6 is 15.9 Å². The van der Waals surface area contributed by atoms with Crippen LogP contribution in [0.4, 0.5) is 0 Å². The molecule has 0 aliphatic heterocycles. The van der Waals surface area contributed by atoms with E-state index >= 15 is 0 Å². The number of nitrogens with zero attached hydrogens (tertiary/aromatic N) is 2. The number of halogens is 1. The van der Waals surface area contributed by atoms with E-state index in [0.29, 0.717) is 10.2 Å². The minimum atomic E-state index is -0.202.